The predicted octanol–water partition coefficient (Wildman–Crippen LogP) is 3.06. The number of methoxy groups -OCH3 is 1. The SMILES string of the molecule is COc1ccccc1-c1nc2ccccn2c1C(C)O. The first-order chi connectivity index (χ1) is 9.72. The Morgan fingerprint density at radius 3 is 2.65 bits per heavy atom. The molecular weight excluding hydrogens is 252 g/mol. The fourth-order valence-corrected chi connectivity index (χ4v) is 2.45. The lowest BCUT2D eigenvalue weighted by Gasteiger charge is -2.10. The molecule has 0 spiro atoms. The molecule has 1 unspecified atom stereocenters. The van der Waals surface area contributed by atoms with Crippen molar-refractivity contribution in [2.24, 2.45) is 0 Å². The smallest absolute Gasteiger partial charge is 0.137 e. The summed E-state index contributed by atoms with van der Waals surface area (Å²) in [7, 11) is 1.64. The van der Waals surface area contributed by atoms with Gasteiger partial charge in [0.2, 0.25) is 0 Å². The molecule has 0 amide bonds. The van der Waals surface area contributed by atoms with Crippen LogP contribution in [0.15, 0.2) is 48.7 Å². The van der Waals surface area contributed by atoms with Crippen molar-refractivity contribution < 1.29 is 9.84 Å². The van der Waals surface area contributed by atoms with Crippen LogP contribution in [0.25, 0.3) is 16.9 Å². The molecule has 0 saturated heterocycles. The summed E-state index contributed by atoms with van der Waals surface area (Å²) in [6.45, 7) is 1.75. The van der Waals surface area contributed by atoms with Gasteiger partial charge in [-0.25, -0.2) is 4.98 Å². The Bertz CT molecular complexity index is 747. The summed E-state index contributed by atoms with van der Waals surface area (Å²) in [5.74, 6) is 0.748. The van der Waals surface area contributed by atoms with Crippen molar-refractivity contribution in [1.82, 2.24) is 9.38 Å². The van der Waals surface area contributed by atoms with Gasteiger partial charge in [0, 0.05) is 11.8 Å². The molecule has 3 aromatic rings. The van der Waals surface area contributed by atoms with Gasteiger partial charge in [-0.3, -0.25) is 0 Å². The number of fused-ring (bicyclic) bond motifs is 1. The van der Waals surface area contributed by atoms with Crippen molar-refractivity contribution in [3.8, 4) is 17.0 Å². The molecule has 20 heavy (non-hydrogen) atoms. The van der Waals surface area contributed by atoms with Crippen LogP contribution < -0.4 is 4.74 Å². The summed E-state index contributed by atoms with van der Waals surface area (Å²) in [5.41, 5.74) is 3.22. The highest BCUT2D eigenvalue weighted by Crippen LogP contribution is 2.34. The molecular formula is C16H16N2O2. The fourth-order valence-electron chi connectivity index (χ4n) is 2.45. The minimum absolute atomic E-state index is 0.618. The van der Waals surface area contributed by atoms with Crippen molar-refractivity contribution >= 4 is 5.65 Å². The summed E-state index contributed by atoms with van der Waals surface area (Å²) in [4.78, 5) is 4.64. The molecule has 2 heterocycles. The molecule has 1 N–H and O–H groups in total. The molecule has 1 atom stereocenters. The van der Waals surface area contributed by atoms with E-state index < -0.39 is 6.10 Å². The fraction of sp³-hybridized carbons (Fsp3) is 0.188. The van der Waals surface area contributed by atoms with Crippen molar-refractivity contribution in [3.63, 3.8) is 0 Å². The molecule has 1 aromatic carbocycles. The van der Waals surface area contributed by atoms with E-state index >= 15 is 0 Å². The number of aromatic nitrogens is 2. The van der Waals surface area contributed by atoms with E-state index in [1.54, 1.807) is 14.0 Å². The van der Waals surface area contributed by atoms with Crippen molar-refractivity contribution in [1.29, 1.82) is 0 Å². The Hall–Kier alpha value is -2.33. The van der Waals surface area contributed by atoms with E-state index in [9.17, 15) is 5.11 Å². The number of para-hydroxylation sites is 1. The highest BCUT2D eigenvalue weighted by Gasteiger charge is 2.19. The number of hydrogen-bond donors (Lipinski definition) is 1. The summed E-state index contributed by atoms with van der Waals surface area (Å²) in [5, 5.41) is 10.1. The van der Waals surface area contributed by atoms with E-state index in [1.165, 1.54) is 0 Å². The quantitative estimate of drug-likeness (QED) is 0.794. The molecule has 102 valence electrons. The molecule has 0 radical (unpaired) electrons. The molecule has 4 nitrogen and oxygen atoms in total. The Morgan fingerprint density at radius 2 is 1.90 bits per heavy atom. The molecule has 3 rings (SSSR count). The number of nitrogens with zero attached hydrogens (tertiary/aromatic N) is 2. The number of aliphatic hydroxyl groups excluding tert-OH is 1. The van der Waals surface area contributed by atoms with E-state index in [2.05, 4.69) is 4.98 Å². The van der Waals surface area contributed by atoms with Crippen LogP contribution >= 0.6 is 0 Å². The number of rotatable bonds is 3. The lowest BCUT2D eigenvalue weighted by molar-refractivity contribution is 0.194. The number of pyridine rings is 1. The Kier molecular flexibility index (Phi) is 3.16. The highest BCUT2D eigenvalue weighted by molar-refractivity contribution is 5.72. The van der Waals surface area contributed by atoms with Gasteiger partial charge in [0.15, 0.2) is 0 Å². The predicted molar refractivity (Wildman–Crippen MR) is 77.8 cm³/mol. The summed E-state index contributed by atoms with van der Waals surface area (Å²) in [6.07, 6.45) is 1.29. The molecule has 0 aliphatic heterocycles. The number of benzene rings is 1. The van der Waals surface area contributed by atoms with E-state index in [-0.39, 0.29) is 0 Å². The second kappa shape index (κ2) is 4.98. The Balaban J connectivity index is 2.33. The highest BCUT2D eigenvalue weighted by atomic mass is 16.5. The van der Waals surface area contributed by atoms with Gasteiger partial charge in [-0.2, -0.15) is 0 Å². The van der Waals surface area contributed by atoms with Gasteiger partial charge in [-0.05, 0) is 31.2 Å². The number of hydrogen-bond acceptors (Lipinski definition) is 3. The zero-order valence-electron chi connectivity index (χ0n) is 11.4. The number of imidazole rings is 1. The van der Waals surface area contributed by atoms with Crippen LogP contribution in [0, 0.1) is 0 Å². The zero-order chi connectivity index (χ0) is 14.1. The minimum Gasteiger partial charge on any atom is -0.496 e. The van der Waals surface area contributed by atoms with Gasteiger partial charge in [-0.1, -0.05) is 18.2 Å². The summed E-state index contributed by atoms with van der Waals surface area (Å²) in [6, 6.07) is 13.5. The third kappa shape index (κ3) is 1.94. The number of ether oxygens (including phenoxy) is 1. The third-order valence-electron chi connectivity index (χ3n) is 3.32. The maximum absolute atomic E-state index is 10.1. The second-order valence-electron chi connectivity index (χ2n) is 4.65. The first-order valence-corrected chi connectivity index (χ1v) is 6.51. The normalized spacial score (nSPS) is 12.6. The molecule has 0 bridgehead atoms. The van der Waals surface area contributed by atoms with E-state index in [4.69, 9.17) is 4.74 Å². The van der Waals surface area contributed by atoms with Crippen LogP contribution in [-0.2, 0) is 0 Å². The van der Waals surface area contributed by atoms with Crippen LogP contribution in [0.2, 0.25) is 0 Å². The van der Waals surface area contributed by atoms with Gasteiger partial charge in [0.25, 0.3) is 0 Å². The van der Waals surface area contributed by atoms with Crippen LogP contribution in [0.4, 0.5) is 0 Å². The summed E-state index contributed by atoms with van der Waals surface area (Å²) < 4.78 is 7.31. The van der Waals surface area contributed by atoms with Crippen molar-refractivity contribution in [2.45, 2.75) is 13.0 Å². The molecule has 0 saturated carbocycles. The lowest BCUT2D eigenvalue weighted by Crippen LogP contribution is -1.99. The monoisotopic (exact) mass is 268 g/mol. The van der Waals surface area contributed by atoms with Gasteiger partial charge >= 0.3 is 0 Å². The van der Waals surface area contributed by atoms with Crippen LogP contribution in [-0.4, -0.2) is 21.6 Å². The second-order valence-corrected chi connectivity index (χ2v) is 4.65. The summed E-state index contributed by atoms with van der Waals surface area (Å²) >= 11 is 0. The first kappa shape index (κ1) is 12.7. The van der Waals surface area contributed by atoms with Crippen molar-refractivity contribution in [3.05, 3.63) is 54.4 Å². The minimum atomic E-state index is -0.618. The zero-order valence-corrected chi connectivity index (χ0v) is 11.4. The third-order valence-corrected chi connectivity index (χ3v) is 3.32. The van der Waals surface area contributed by atoms with Gasteiger partial charge < -0.3 is 14.2 Å². The molecule has 0 fully saturated rings. The molecule has 2 aromatic heterocycles. The van der Waals surface area contributed by atoms with E-state index in [0.717, 1.165) is 28.3 Å². The van der Waals surface area contributed by atoms with Crippen molar-refractivity contribution in [2.75, 3.05) is 7.11 Å². The first-order valence-electron chi connectivity index (χ1n) is 6.51. The van der Waals surface area contributed by atoms with Crippen LogP contribution in [0.3, 0.4) is 0 Å². The lowest BCUT2D eigenvalue weighted by atomic mass is 10.1. The van der Waals surface area contributed by atoms with Crippen LogP contribution in [0.1, 0.15) is 18.7 Å². The Morgan fingerprint density at radius 1 is 1.15 bits per heavy atom. The topological polar surface area (TPSA) is 46.8 Å². The van der Waals surface area contributed by atoms with Gasteiger partial charge in [-0.15, -0.1) is 0 Å². The molecule has 0 aliphatic rings. The maximum atomic E-state index is 10.1. The van der Waals surface area contributed by atoms with Gasteiger partial charge in [0.1, 0.15) is 11.4 Å². The largest absolute Gasteiger partial charge is 0.496 e. The molecule has 4 heteroatoms. The average Bonchev–Trinajstić information content (AvgIpc) is 2.86. The average molecular weight is 268 g/mol. The standard InChI is InChI=1S/C16H16N2O2/c1-11(19)16-15(12-7-3-4-8-13(12)20-2)17-14-9-5-6-10-18(14)16/h3-11,19H,1-2H3. The number of aliphatic hydroxyl groups is 1. The molecule has 0 aliphatic carbocycles. The van der Waals surface area contributed by atoms with Gasteiger partial charge in [0.05, 0.1) is 24.6 Å². The van der Waals surface area contributed by atoms with Crippen LogP contribution in [0.5, 0.6) is 5.75 Å². The van der Waals surface area contributed by atoms with E-state index in [1.807, 2.05) is 53.1 Å². The Labute approximate surface area is 117 Å². The maximum Gasteiger partial charge on any atom is 0.137 e. The van der Waals surface area contributed by atoms with E-state index in [0.29, 0.717) is 0 Å².